The topological polar surface area (TPSA) is 108 Å². The molecule has 0 aromatic carbocycles. The van der Waals surface area contributed by atoms with E-state index in [1.165, 1.54) is 116 Å². The number of carbonyl (C=O) groups excluding carboxylic acids is 2. The van der Waals surface area contributed by atoms with Gasteiger partial charge in [-0.3, -0.25) is 18.6 Å². The van der Waals surface area contributed by atoms with Gasteiger partial charge in [-0.25, -0.2) is 4.57 Å². The molecule has 2 atom stereocenters. The molecule has 0 radical (unpaired) electrons. The number of esters is 2. The number of carbonyl (C=O) groups is 2. The molecule has 0 saturated heterocycles. The van der Waals surface area contributed by atoms with E-state index in [9.17, 15) is 19.0 Å². The summed E-state index contributed by atoms with van der Waals surface area (Å²) in [6.45, 7) is 5.26. The van der Waals surface area contributed by atoms with Crippen LogP contribution < -0.4 is 0 Å². The highest BCUT2D eigenvalue weighted by molar-refractivity contribution is 7.47. The molecule has 0 fully saturated rings. The molecule has 0 amide bonds. The third-order valence-corrected chi connectivity index (χ3v) is 10.4. The summed E-state index contributed by atoms with van der Waals surface area (Å²) in [6, 6.07) is 0. The van der Waals surface area contributed by atoms with Gasteiger partial charge in [-0.2, -0.15) is 0 Å². The Morgan fingerprint density at radius 1 is 0.500 bits per heavy atom. The quantitative estimate of drug-likeness (QED) is 0.0282. The van der Waals surface area contributed by atoms with Crippen LogP contribution >= 0.6 is 7.82 Å². The average molecular weight is 807 g/mol. The molecule has 0 aliphatic heterocycles. The van der Waals surface area contributed by atoms with Gasteiger partial charge >= 0.3 is 19.8 Å². The smallest absolute Gasteiger partial charge is 0.462 e. The molecule has 56 heavy (non-hydrogen) atoms. The SMILES string of the molecule is CC/C=C\C/C=C\C/C=C\C/C=C\C/C=C\CC(=O)OC(COC(=O)CCCCCCCCCCCCCCCCCCCCCCC)COP(=O)(O)OCC. The fourth-order valence-electron chi connectivity index (χ4n) is 6.12. The van der Waals surface area contributed by atoms with Gasteiger partial charge < -0.3 is 14.4 Å². The summed E-state index contributed by atoms with van der Waals surface area (Å²) in [4.78, 5) is 34.7. The molecular weight excluding hydrogens is 723 g/mol. The fourth-order valence-corrected chi connectivity index (χ4v) is 6.87. The zero-order valence-corrected chi connectivity index (χ0v) is 36.9. The number of hydrogen-bond donors (Lipinski definition) is 1. The molecule has 8 nitrogen and oxygen atoms in total. The highest BCUT2D eigenvalue weighted by Crippen LogP contribution is 2.43. The van der Waals surface area contributed by atoms with Crippen molar-refractivity contribution in [2.75, 3.05) is 19.8 Å². The Hall–Kier alpha value is -2.25. The zero-order valence-electron chi connectivity index (χ0n) is 36.0. The van der Waals surface area contributed by atoms with Crippen molar-refractivity contribution in [3.05, 3.63) is 60.8 Å². The number of unbranched alkanes of at least 4 members (excludes halogenated alkanes) is 20. The van der Waals surface area contributed by atoms with Crippen molar-refractivity contribution in [3.8, 4) is 0 Å². The molecule has 1 N–H and O–H groups in total. The first-order valence-electron chi connectivity index (χ1n) is 22.6. The first kappa shape index (κ1) is 53.8. The highest BCUT2D eigenvalue weighted by Gasteiger charge is 2.25. The number of phosphoric acid groups is 1. The minimum absolute atomic E-state index is 0.0135. The van der Waals surface area contributed by atoms with Crippen molar-refractivity contribution < 1.29 is 37.6 Å². The first-order chi connectivity index (χ1) is 27.3. The normalized spacial score (nSPS) is 13.9. The first-order valence-corrected chi connectivity index (χ1v) is 24.1. The van der Waals surface area contributed by atoms with Crippen LogP contribution in [0, 0.1) is 0 Å². The lowest BCUT2D eigenvalue weighted by atomic mass is 10.0. The number of allylic oxidation sites excluding steroid dienone is 9. The number of ether oxygens (including phenoxy) is 2. The maximum absolute atomic E-state index is 12.5. The van der Waals surface area contributed by atoms with Crippen LogP contribution in [0.4, 0.5) is 0 Å². The second-order valence-corrected chi connectivity index (χ2v) is 16.2. The summed E-state index contributed by atoms with van der Waals surface area (Å²) in [7, 11) is -4.31. The molecule has 0 aliphatic carbocycles. The van der Waals surface area contributed by atoms with Crippen LogP contribution in [0.5, 0.6) is 0 Å². The second kappa shape index (κ2) is 42.4. The molecule has 9 heteroatoms. The van der Waals surface area contributed by atoms with Gasteiger partial charge in [0, 0.05) is 6.42 Å². The highest BCUT2D eigenvalue weighted by atomic mass is 31.2. The zero-order chi connectivity index (χ0) is 41.1. The fraction of sp³-hybridized carbons (Fsp3) is 0.745. The predicted molar refractivity (Wildman–Crippen MR) is 235 cm³/mol. The maximum Gasteiger partial charge on any atom is 0.472 e. The van der Waals surface area contributed by atoms with Gasteiger partial charge in [0.15, 0.2) is 6.10 Å². The van der Waals surface area contributed by atoms with Crippen molar-refractivity contribution in [3.63, 3.8) is 0 Å². The van der Waals surface area contributed by atoms with Gasteiger partial charge in [-0.15, -0.1) is 0 Å². The summed E-state index contributed by atoms with van der Waals surface area (Å²) in [5.41, 5.74) is 0. The van der Waals surface area contributed by atoms with E-state index in [-0.39, 0.29) is 26.1 Å². The number of rotatable bonds is 41. The van der Waals surface area contributed by atoms with E-state index in [1.807, 2.05) is 12.2 Å². The Morgan fingerprint density at radius 3 is 1.30 bits per heavy atom. The van der Waals surface area contributed by atoms with E-state index in [1.54, 1.807) is 13.0 Å². The Balaban J connectivity index is 4.10. The van der Waals surface area contributed by atoms with E-state index in [0.717, 1.165) is 44.9 Å². The Labute approximate surface area is 343 Å². The lowest BCUT2D eigenvalue weighted by molar-refractivity contribution is -0.160. The predicted octanol–water partition coefficient (Wildman–Crippen LogP) is 14.3. The largest absolute Gasteiger partial charge is 0.472 e. The number of hydrogen-bond acceptors (Lipinski definition) is 7. The van der Waals surface area contributed by atoms with Gasteiger partial charge in [0.2, 0.25) is 0 Å². The van der Waals surface area contributed by atoms with Crippen LogP contribution in [0.15, 0.2) is 60.8 Å². The summed E-state index contributed by atoms with van der Waals surface area (Å²) in [5.74, 6) is -0.941. The van der Waals surface area contributed by atoms with E-state index in [2.05, 4.69) is 56.4 Å². The van der Waals surface area contributed by atoms with Crippen molar-refractivity contribution in [2.24, 2.45) is 0 Å². The van der Waals surface area contributed by atoms with Crippen molar-refractivity contribution in [1.29, 1.82) is 0 Å². The summed E-state index contributed by atoms with van der Waals surface area (Å²) in [5, 5.41) is 0. The lowest BCUT2D eigenvalue weighted by Crippen LogP contribution is -2.29. The van der Waals surface area contributed by atoms with E-state index in [4.69, 9.17) is 18.5 Å². The number of phosphoric ester groups is 1. The molecule has 2 unspecified atom stereocenters. The van der Waals surface area contributed by atoms with Gasteiger partial charge in [0.25, 0.3) is 0 Å². The van der Waals surface area contributed by atoms with Crippen LogP contribution in [-0.2, 0) is 32.7 Å². The van der Waals surface area contributed by atoms with Gasteiger partial charge in [0.05, 0.1) is 19.6 Å². The van der Waals surface area contributed by atoms with Gasteiger partial charge in [-0.05, 0) is 45.4 Å². The minimum atomic E-state index is -4.31. The van der Waals surface area contributed by atoms with Crippen LogP contribution in [0.3, 0.4) is 0 Å². The maximum atomic E-state index is 12.5. The van der Waals surface area contributed by atoms with Gasteiger partial charge in [0.1, 0.15) is 6.61 Å². The van der Waals surface area contributed by atoms with E-state index < -0.39 is 32.5 Å². The molecule has 0 rings (SSSR count). The molecule has 0 aromatic rings. The monoisotopic (exact) mass is 807 g/mol. The van der Waals surface area contributed by atoms with Crippen LogP contribution in [-0.4, -0.2) is 42.8 Å². The molecular formula is C47H83O8P. The third kappa shape index (κ3) is 41.4. The second-order valence-electron chi connectivity index (χ2n) is 14.7. The molecule has 0 saturated carbocycles. The summed E-state index contributed by atoms with van der Waals surface area (Å²) in [6.07, 6.45) is 51.7. The molecule has 324 valence electrons. The lowest BCUT2D eigenvalue weighted by Gasteiger charge is -2.19. The Morgan fingerprint density at radius 2 is 0.893 bits per heavy atom. The third-order valence-electron chi connectivity index (χ3n) is 9.37. The summed E-state index contributed by atoms with van der Waals surface area (Å²) < 4.78 is 32.5. The van der Waals surface area contributed by atoms with Crippen molar-refractivity contribution in [1.82, 2.24) is 0 Å². The molecule has 0 aromatic heterocycles. The van der Waals surface area contributed by atoms with Gasteiger partial charge in [-0.1, -0.05) is 203 Å². The van der Waals surface area contributed by atoms with Crippen molar-refractivity contribution >= 4 is 19.8 Å². The van der Waals surface area contributed by atoms with Crippen LogP contribution in [0.2, 0.25) is 0 Å². The molecule has 0 heterocycles. The van der Waals surface area contributed by atoms with E-state index >= 15 is 0 Å². The van der Waals surface area contributed by atoms with Crippen LogP contribution in [0.25, 0.3) is 0 Å². The Kier molecular flexibility index (Phi) is 40.7. The minimum Gasteiger partial charge on any atom is -0.462 e. The average Bonchev–Trinajstić information content (AvgIpc) is 3.18. The van der Waals surface area contributed by atoms with Crippen molar-refractivity contribution in [2.45, 2.75) is 207 Å². The summed E-state index contributed by atoms with van der Waals surface area (Å²) >= 11 is 0. The van der Waals surface area contributed by atoms with Crippen LogP contribution in [0.1, 0.15) is 201 Å². The van der Waals surface area contributed by atoms with E-state index in [0.29, 0.717) is 6.42 Å². The molecule has 0 bridgehead atoms. The standard InChI is InChI=1S/C47H83O8P/c1-4-7-9-11-13-15-17-19-21-22-23-24-25-26-28-29-31-33-35-37-39-41-46(48)52-43-45(44-54-56(50,51)53-6-3)55-47(49)42-40-38-36-34-32-30-27-20-18-16-14-12-10-8-5-2/h8,10,14,16,20,27,32,34,38,40,45H,4-7,9,11-13,15,17-19,21-26,28-31,33,35-37,39,41-44H2,1-3H3,(H,50,51)/b10-8-,16-14-,27-20-,34-32-,40-38-. The molecule has 0 spiro atoms. The Bertz CT molecular complexity index is 1100. The molecule has 0 aliphatic rings.